The number of fused-ring (bicyclic) bond motifs is 1. The predicted molar refractivity (Wildman–Crippen MR) is 202 cm³/mol. The zero-order valence-electron chi connectivity index (χ0n) is 29.5. The Morgan fingerprint density at radius 2 is 1.52 bits per heavy atom. The summed E-state index contributed by atoms with van der Waals surface area (Å²) in [5.41, 5.74) is 5.61. The van der Waals surface area contributed by atoms with Gasteiger partial charge < -0.3 is 4.90 Å². The summed E-state index contributed by atoms with van der Waals surface area (Å²) in [6, 6.07) is 4.94. The molecule has 1 aromatic rings. The van der Waals surface area contributed by atoms with E-state index in [1.165, 1.54) is 35.2 Å². The number of sulfonamides is 1. The minimum absolute atomic E-state index is 0.181. The van der Waals surface area contributed by atoms with Crippen LogP contribution in [-0.4, -0.2) is 90.3 Å². The highest BCUT2D eigenvalue weighted by Gasteiger charge is 2.49. The number of unbranched alkanes of at least 4 members (excludes halogenated alkanes) is 7. The van der Waals surface area contributed by atoms with E-state index in [1.807, 2.05) is 16.1 Å². The number of thioether (sulfide) groups is 1. The quantitative estimate of drug-likeness (QED) is 0.0909. The summed E-state index contributed by atoms with van der Waals surface area (Å²) in [7, 11) is -7.39. The van der Waals surface area contributed by atoms with Crippen LogP contribution in [0.5, 0.6) is 0 Å². The molecule has 4 aliphatic rings. The van der Waals surface area contributed by atoms with Crippen molar-refractivity contribution in [3.05, 3.63) is 34.9 Å². The normalized spacial score (nSPS) is 22.9. The Bertz CT molecular complexity index is 1460. The first kappa shape index (κ1) is 37.8. The second-order valence-electron chi connectivity index (χ2n) is 14.5. The molecule has 1 N–H and O–H groups in total. The van der Waals surface area contributed by atoms with Crippen molar-refractivity contribution in [1.82, 2.24) is 4.31 Å². The third kappa shape index (κ3) is 9.89. The lowest BCUT2D eigenvalue weighted by atomic mass is 9.90. The van der Waals surface area contributed by atoms with Crippen molar-refractivity contribution in [2.75, 3.05) is 43.4 Å². The highest BCUT2D eigenvalue weighted by molar-refractivity contribution is 8.14. The lowest BCUT2D eigenvalue weighted by molar-refractivity contribution is -0.562. The van der Waals surface area contributed by atoms with E-state index >= 15 is 0 Å². The molecule has 0 saturated heterocycles. The topological polar surface area (TPSA) is 98.0 Å². The van der Waals surface area contributed by atoms with Crippen molar-refractivity contribution in [2.24, 2.45) is 0 Å². The summed E-state index contributed by atoms with van der Waals surface area (Å²) in [5.74, 6) is -0.227. The molecule has 1 fully saturated rings. The summed E-state index contributed by atoms with van der Waals surface area (Å²) in [6.07, 6.45) is 20.9. The van der Waals surface area contributed by atoms with Crippen molar-refractivity contribution in [3.63, 3.8) is 0 Å². The number of hydrogen-bond donors (Lipinski definition) is 1. The summed E-state index contributed by atoms with van der Waals surface area (Å²) >= 11 is 1.81. The first-order valence-electron chi connectivity index (χ1n) is 18.9. The fourth-order valence-corrected chi connectivity index (χ4v) is 12.6. The van der Waals surface area contributed by atoms with Gasteiger partial charge in [0.25, 0.3) is 10.1 Å². The molecule has 1 aromatic carbocycles. The van der Waals surface area contributed by atoms with Crippen LogP contribution in [0.3, 0.4) is 0 Å². The number of benzene rings is 1. The van der Waals surface area contributed by atoms with Gasteiger partial charge in [-0.15, -0.1) is 0 Å². The van der Waals surface area contributed by atoms with Gasteiger partial charge in [-0.1, -0.05) is 52.4 Å². The van der Waals surface area contributed by atoms with Crippen LogP contribution in [0.15, 0.2) is 18.2 Å². The van der Waals surface area contributed by atoms with E-state index in [4.69, 9.17) is 0 Å². The molecule has 1 aliphatic carbocycles. The maximum atomic E-state index is 14.2. The number of anilines is 1. The summed E-state index contributed by atoms with van der Waals surface area (Å²) in [5, 5.41) is 0.976. The fraction of sp³-hybridized carbons (Fsp3) is 0.757. The second-order valence-corrected chi connectivity index (χ2v) is 19.5. The van der Waals surface area contributed by atoms with Gasteiger partial charge in [0.15, 0.2) is 6.04 Å². The number of nitrogens with zero attached hydrogens (tertiary/aromatic N) is 3. The van der Waals surface area contributed by atoms with Crippen LogP contribution in [-0.2, 0) is 33.0 Å². The molecule has 3 atom stereocenters. The lowest BCUT2D eigenvalue weighted by Crippen LogP contribution is -2.46. The molecule has 48 heavy (non-hydrogen) atoms. The first-order chi connectivity index (χ1) is 23.1. The fourth-order valence-electron chi connectivity index (χ4n) is 8.30. The maximum Gasteiger partial charge on any atom is 0.264 e. The van der Waals surface area contributed by atoms with E-state index in [0.29, 0.717) is 45.3 Å². The van der Waals surface area contributed by atoms with E-state index in [1.54, 1.807) is 0 Å². The summed E-state index contributed by atoms with van der Waals surface area (Å²) in [4.78, 5) is 2.56. The van der Waals surface area contributed by atoms with Crippen LogP contribution in [0.4, 0.5) is 5.69 Å². The Labute approximate surface area is 295 Å². The second kappa shape index (κ2) is 17.7. The summed E-state index contributed by atoms with van der Waals surface area (Å²) in [6.45, 7) is 8.65. The monoisotopic (exact) mass is 722 g/mol. The zero-order chi connectivity index (χ0) is 34.1. The van der Waals surface area contributed by atoms with Crippen LogP contribution in [0.1, 0.15) is 127 Å². The van der Waals surface area contributed by atoms with Crippen LogP contribution in [0.25, 0.3) is 6.08 Å². The third-order valence-electron chi connectivity index (χ3n) is 10.8. The first-order valence-corrected chi connectivity index (χ1v) is 22.9. The molecule has 11 heteroatoms. The molecule has 5 rings (SSSR count). The van der Waals surface area contributed by atoms with Crippen molar-refractivity contribution < 1.29 is 26.0 Å². The van der Waals surface area contributed by atoms with Gasteiger partial charge in [-0.05, 0) is 104 Å². The molecule has 0 bridgehead atoms. The Balaban J connectivity index is 1.32. The molecular weight excluding hydrogens is 663 g/mol. The van der Waals surface area contributed by atoms with Crippen molar-refractivity contribution in [1.29, 1.82) is 0 Å². The van der Waals surface area contributed by atoms with Crippen LogP contribution in [0, 0.1) is 0 Å². The zero-order valence-corrected chi connectivity index (χ0v) is 31.9. The van der Waals surface area contributed by atoms with Crippen molar-refractivity contribution in [2.45, 2.75) is 140 Å². The van der Waals surface area contributed by atoms with Crippen LogP contribution < -0.4 is 4.90 Å². The van der Waals surface area contributed by atoms with Gasteiger partial charge in [-0.25, -0.2) is 17.3 Å². The minimum atomic E-state index is -3.99. The average Bonchev–Trinajstić information content (AvgIpc) is 3.41. The molecule has 3 unspecified atom stereocenters. The SMILES string of the molecule is CCCCCCN(CCCCCC)S(=O)(=O)C1CCC2C(C1)SC(C=Cc1cc3c4c(c1)CCCN4CCC3)=[N+]2CCCCS(=O)(=O)O. The van der Waals surface area contributed by atoms with E-state index in [9.17, 15) is 21.4 Å². The van der Waals surface area contributed by atoms with Gasteiger partial charge in [-0.2, -0.15) is 8.42 Å². The number of aryl methyl sites for hydroxylation is 2. The van der Waals surface area contributed by atoms with Gasteiger partial charge >= 0.3 is 0 Å². The number of hydrogen-bond acceptors (Lipinski definition) is 6. The Hall–Kier alpha value is -1.40. The van der Waals surface area contributed by atoms with Gasteiger partial charge in [0.05, 0.1) is 16.3 Å². The van der Waals surface area contributed by atoms with Gasteiger partial charge in [0.2, 0.25) is 15.1 Å². The number of rotatable bonds is 19. The molecule has 0 amide bonds. The molecule has 8 nitrogen and oxygen atoms in total. The standard InChI is InChI=1S/C37H59N3O5S3/c1-3-5-7-9-23-39(24-10-8-6-4-2)48(44,45)33-18-19-34-35(29-33)46-36(40(34)25-11-12-26-47(41,42)43)20-17-30-27-31-15-13-21-38-22-14-16-32(28-30)37(31)38/h17,20,27-28,33-35H,3-16,18-19,21-26,29H2,1-2H3/p+1. The minimum Gasteiger partial charge on any atom is -0.371 e. The Morgan fingerprint density at radius 3 is 2.12 bits per heavy atom. The third-order valence-corrected chi connectivity index (χ3v) is 15.4. The molecule has 3 aliphatic heterocycles. The largest absolute Gasteiger partial charge is 0.371 e. The van der Waals surface area contributed by atoms with Crippen LogP contribution in [0.2, 0.25) is 0 Å². The predicted octanol–water partition coefficient (Wildman–Crippen LogP) is 7.31. The van der Waals surface area contributed by atoms with E-state index in [0.717, 1.165) is 88.8 Å². The molecular formula is C37H60N3O5S3+. The average molecular weight is 723 g/mol. The van der Waals surface area contributed by atoms with Gasteiger partial charge in [-0.3, -0.25) is 4.55 Å². The van der Waals surface area contributed by atoms with Crippen LogP contribution >= 0.6 is 11.8 Å². The van der Waals surface area contributed by atoms with E-state index in [-0.39, 0.29) is 22.3 Å². The molecule has 0 spiro atoms. The highest BCUT2D eigenvalue weighted by Crippen LogP contribution is 2.41. The molecule has 0 aromatic heterocycles. The maximum absolute atomic E-state index is 14.2. The molecule has 1 saturated carbocycles. The van der Waals surface area contributed by atoms with E-state index < -0.39 is 20.1 Å². The highest BCUT2D eigenvalue weighted by atomic mass is 32.2. The van der Waals surface area contributed by atoms with E-state index in [2.05, 4.69) is 47.6 Å². The lowest BCUT2D eigenvalue weighted by Gasteiger charge is -2.37. The molecule has 3 heterocycles. The Morgan fingerprint density at radius 1 is 0.875 bits per heavy atom. The Kier molecular flexibility index (Phi) is 14.0. The smallest absolute Gasteiger partial charge is 0.264 e. The molecule has 0 radical (unpaired) electrons. The van der Waals surface area contributed by atoms with Gasteiger partial charge in [0, 0.05) is 50.8 Å². The summed E-state index contributed by atoms with van der Waals surface area (Å²) < 4.78 is 64.7. The van der Waals surface area contributed by atoms with Crippen molar-refractivity contribution >= 4 is 48.7 Å². The van der Waals surface area contributed by atoms with Crippen molar-refractivity contribution in [3.8, 4) is 0 Å². The molecule has 270 valence electrons. The van der Waals surface area contributed by atoms with Gasteiger partial charge in [0.1, 0.15) is 6.54 Å².